The lowest BCUT2D eigenvalue weighted by Crippen LogP contribution is -2.53. The third-order valence-electron chi connectivity index (χ3n) is 9.00. The number of hydrogen-bond donors (Lipinski definition) is 1. The topological polar surface area (TPSA) is 37.3 Å². The molecule has 3 saturated carbocycles. The van der Waals surface area contributed by atoms with Crippen molar-refractivity contribution in [2.75, 3.05) is 0 Å². The molecule has 0 aliphatic heterocycles. The molecule has 5 unspecified atom stereocenters. The summed E-state index contributed by atoms with van der Waals surface area (Å²) < 4.78 is 39.6. The molecule has 5 atom stereocenters. The Bertz CT molecular complexity index is 762. The molecule has 2 nitrogen and oxygen atoms in total. The zero-order valence-electron chi connectivity index (χ0n) is 17.1. The summed E-state index contributed by atoms with van der Waals surface area (Å²) in [6, 6.07) is 0. The molecular formula is C23H31F3O2. The Hall–Kier alpha value is -1.26. The number of aliphatic hydroxyl groups is 1. The minimum Gasteiger partial charge on any atom is -0.504 e. The standard InChI is InChI=1S/C23H31F3O2/c1-13-6-4-5-7-14-15-8-9-21(2)12-19(27)17(20(28)23(24,25)26)11-22(21,3)18(15)10-16(13)14/h14-15,18,28H,4-12H2,1-3H3/b20-17-. The molecule has 0 heterocycles. The number of hydrogen-bond acceptors (Lipinski definition) is 2. The number of carbonyl (C=O) groups excluding carboxylic acids is 1. The number of Topliss-reactive ketones (excluding diaryl/α,β-unsaturated/α-hetero) is 1. The fourth-order valence-corrected chi connectivity index (χ4v) is 7.14. The molecule has 4 aliphatic carbocycles. The maximum Gasteiger partial charge on any atom is 0.449 e. The van der Waals surface area contributed by atoms with Crippen LogP contribution in [0.4, 0.5) is 13.2 Å². The summed E-state index contributed by atoms with van der Waals surface area (Å²) in [5.41, 5.74) is 1.98. The van der Waals surface area contributed by atoms with Crippen LogP contribution in [0.3, 0.4) is 0 Å². The van der Waals surface area contributed by atoms with Crippen molar-refractivity contribution in [3.05, 3.63) is 22.5 Å². The second-order valence-electron chi connectivity index (χ2n) is 10.3. The van der Waals surface area contributed by atoms with Crippen LogP contribution >= 0.6 is 0 Å². The first-order chi connectivity index (χ1) is 13.0. The second kappa shape index (κ2) is 6.37. The van der Waals surface area contributed by atoms with E-state index in [1.54, 1.807) is 5.57 Å². The molecule has 0 saturated heterocycles. The Morgan fingerprint density at radius 2 is 1.86 bits per heavy atom. The number of alkyl halides is 3. The van der Waals surface area contributed by atoms with Gasteiger partial charge in [0.15, 0.2) is 5.78 Å². The van der Waals surface area contributed by atoms with Gasteiger partial charge < -0.3 is 5.11 Å². The fourth-order valence-electron chi connectivity index (χ4n) is 7.14. The zero-order valence-corrected chi connectivity index (χ0v) is 17.1. The average Bonchev–Trinajstić information content (AvgIpc) is 2.88. The van der Waals surface area contributed by atoms with E-state index >= 15 is 0 Å². The minimum atomic E-state index is -4.86. The first-order valence-electron chi connectivity index (χ1n) is 10.7. The van der Waals surface area contributed by atoms with Crippen molar-refractivity contribution in [1.29, 1.82) is 0 Å². The Morgan fingerprint density at radius 1 is 1.14 bits per heavy atom. The molecule has 5 heteroatoms. The van der Waals surface area contributed by atoms with Crippen molar-refractivity contribution >= 4 is 5.78 Å². The molecule has 4 aliphatic rings. The normalized spacial score (nSPS) is 43.2. The summed E-state index contributed by atoms with van der Waals surface area (Å²) in [6.45, 7) is 6.43. The summed E-state index contributed by atoms with van der Waals surface area (Å²) in [5, 5.41) is 9.82. The SMILES string of the molecule is CC1=C2CC3C(CCC4(C)CC(=O)/C(=C(\O)C(F)(F)F)CC34C)C2CCCC1. The molecule has 28 heavy (non-hydrogen) atoms. The smallest absolute Gasteiger partial charge is 0.449 e. The second-order valence-corrected chi connectivity index (χ2v) is 10.3. The summed E-state index contributed by atoms with van der Waals surface area (Å²) in [5.74, 6) is -0.816. The van der Waals surface area contributed by atoms with E-state index in [1.807, 2.05) is 0 Å². The highest BCUT2D eigenvalue weighted by molar-refractivity contribution is 5.97. The largest absolute Gasteiger partial charge is 0.504 e. The zero-order chi connectivity index (χ0) is 20.5. The average molecular weight is 396 g/mol. The summed E-state index contributed by atoms with van der Waals surface area (Å²) >= 11 is 0. The molecule has 0 aromatic heterocycles. The van der Waals surface area contributed by atoms with E-state index in [4.69, 9.17) is 0 Å². The molecule has 156 valence electrons. The van der Waals surface area contributed by atoms with Crippen LogP contribution < -0.4 is 0 Å². The van der Waals surface area contributed by atoms with Gasteiger partial charge in [0.05, 0.1) is 0 Å². The van der Waals surface area contributed by atoms with E-state index in [0.29, 0.717) is 17.8 Å². The van der Waals surface area contributed by atoms with E-state index in [1.165, 1.54) is 24.8 Å². The van der Waals surface area contributed by atoms with E-state index < -0.39 is 23.1 Å². The van der Waals surface area contributed by atoms with E-state index in [2.05, 4.69) is 20.8 Å². The van der Waals surface area contributed by atoms with Gasteiger partial charge in [-0.1, -0.05) is 31.4 Å². The highest BCUT2D eigenvalue weighted by Crippen LogP contribution is 2.69. The van der Waals surface area contributed by atoms with Gasteiger partial charge in [-0.25, -0.2) is 0 Å². The summed E-state index contributed by atoms with van der Waals surface area (Å²) in [7, 11) is 0. The van der Waals surface area contributed by atoms with Gasteiger partial charge >= 0.3 is 6.18 Å². The van der Waals surface area contributed by atoms with Gasteiger partial charge in [0, 0.05) is 12.0 Å². The van der Waals surface area contributed by atoms with Crippen LogP contribution in [-0.4, -0.2) is 17.1 Å². The molecule has 0 bridgehead atoms. The van der Waals surface area contributed by atoms with Crippen LogP contribution in [0.15, 0.2) is 22.5 Å². The van der Waals surface area contributed by atoms with Gasteiger partial charge in [0.2, 0.25) is 5.76 Å². The monoisotopic (exact) mass is 396 g/mol. The lowest BCUT2D eigenvalue weighted by molar-refractivity contribution is -0.142. The quantitative estimate of drug-likeness (QED) is 0.282. The van der Waals surface area contributed by atoms with Gasteiger partial charge in [-0.2, -0.15) is 13.2 Å². The van der Waals surface area contributed by atoms with Gasteiger partial charge in [-0.3, -0.25) is 4.79 Å². The number of carbonyl (C=O) groups is 1. The van der Waals surface area contributed by atoms with Crippen molar-refractivity contribution in [2.24, 2.45) is 28.6 Å². The maximum absolute atomic E-state index is 13.2. The Morgan fingerprint density at radius 3 is 2.54 bits per heavy atom. The van der Waals surface area contributed by atoms with Crippen molar-refractivity contribution < 1.29 is 23.1 Å². The third-order valence-corrected chi connectivity index (χ3v) is 9.00. The van der Waals surface area contributed by atoms with Crippen LogP contribution in [0.2, 0.25) is 0 Å². The Balaban J connectivity index is 1.77. The lowest BCUT2D eigenvalue weighted by atomic mass is 9.45. The van der Waals surface area contributed by atoms with Crippen LogP contribution in [0.25, 0.3) is 0 Å². The molecule has 0 amide bonds. The molecule has 0 spiro atoms. The first-order valence-corrected chi connectivity index (χ1v) is 10.7. The molecule has 0 aromatic rings. The van der Waals surface area contributed by atoms with Crippen molar-refractivity contribution in [3.63, 3.8) is 0 Å². The van der Waals surface area contributed by atoms with Crippen LogP contribution in [-0.2, 0) is 4.79 Å². The summed E-state index contributed by atoms with van der Waals surface area (Å²) in [6.07, 6.45) is 3.01. The van der Waals surface area contributed by atoms with Gasteiger partial charge in [-0.15, -0.1) is 0 Å². The van der Waals surface area contributed by atoms with Gasteiger partial charge in [0.25, 0.3) is 0 Å². The van der Waals surface area contributed by atoms with Gasteiger partial charge in [-0.05, 0) is 80.5 Å². The Labute approximate surface area is 165 Å². The molecule has 1 N–H and O–H groups in total. The van der Waals surface area contributed by atoms with Gasteiger partial charge in [0.1, 0.15) is 0 Å². The summed E-state index contributed by atoms with van der Waals surface area (Å²) in [4.78, 5) is 12.6. The molecule has 0 aromatic carbocycles. The van der Waals surface area contributed by atoms with Crippen LogP contribution in [0.1, 0.15) is 78.6 Å². The van der Waals surface area contributed by atoms with E-state index in [-0.39, 0.29) is 23.8 Å². The van der Waals surface area contributed by atoms with Crippen molar-refractivity contribution in [1.82, 2.24) is 0 Å². The number of fused-ring (bicyclic) bond motifs is 5. The van der Waals surface area contributed by atoms with E-state index in [9.17, 15) is 23.1 Å². The predicted molar refractivity (Wildman–Crippen MR) is 102 cm³/mol. The number of rotatable bonds is 0. The highest BCUT2D eigenvalue weighted by atomic mass is 19.4. The number of ketones is 1. The predicted octanol–water partition coefficient (Wildman–Crippen LogP) is 6.67. The Kier molecular flexibility index (Phi) is 4.56. The third kappa shape index (κ3) is 2.79. The highest BCUT2D eigenvalue weighted by Gasteiger charge is 2.62. The molecular weight excluding hydrogens is 365 g/mol. The molecule has 3 fully saturated rings. The molecule has 0 radical (unpaired) electrons. The maximum atomic E-state index is 13.2. The van der Waals surface area contributed by atoms with Crippen molar-refractivity contribution in [3.8, 4) is 0 Å². The van der Waals surface area contributed by atoms with E-state index in [0.717, 1.165) is 25.7 Å². The molecule has 4 rings (SSSR count). The van der Waals surface area contributed by atoms with Crippen LogP contribution in [0.5, 0.6) is 0 Å². The first kappa shape index (κ1) is 20.0. The fraction of sp³-hybridized carbons (Fsp3) is 0.783. The number of halogens is 3. The minimum absolute atomic E-state index is 0.0495. The van der Waals surface area contributed by atoms with Crippen LogP contribution in [0, 0.1) is 28.6 Å². The lowest BCUT2D eigenvalue weighted by Gasteiger charge is -2.59. The van der Waals surface area contributed by atoms with Crippen molar-refractivity contribution in [2.45, 2.75) is 84.7 Å². The number of allylic oxidation sites excluding steroid dienone is 4. The number of aliphatic hydroxyl groups excluding tert-OH is 1.